The first-order valence-electron chi connectivity index (χ1n) is 14.6. The van der Waals surface area contributed by atoms with Gasteiger partial charge in [-0.2, -0.15) is 5.11 Å². The number of pyridine rings is 1. The normalized spacial score (nSPS) is 13.1. The number of azo groups is 1. The van der Waals surface area contributed by atoms with Gasteiger partial charge in [-0.3, -0.25) is 9.59 Å². The van der Waals surface area contributed by atoms with Crippen LogP contribution in [0.4, 0.5) is 5.82 Å². The maximum atomic E-state index is 12.8. The van der Waals surface area contributed by atoms with Crippen molar-refractivity contribution in [3.63, 3.8) is 0 Å². The van der Waals surface area contributed by atoms with E-state index < -0.39 is 0 Å². The van der Waals surface area contributed by atoms with Crippen LogP contribution in [0.25, 0.3) is 0 Å². The quantitative estimate of drug-likeness (QED) is 0.0418. The highest BCUT2D eigenvalue weighted by Crippen LogP contribution is 2.32. The van der Waals surface area contributed by atoms with E-state index in [4.69, 9.17) is 9.99 Å². The van der Waals surface area contributed by atoms with Crippen molar-refractivity contribution < 1.29 is 29.0 Å². The van der Waals surface area contributed by atoms with Gasteiger partial charge in [0.25, 0.3) is 5.91 Å². The van der Waals surface area contributed by atoms with Crippen LogP contribution in [0.1, 0.15) is 76.9 Å². The van der Waals surface area contributed by atoms with Crippen molar-refractivity contribution in [1.82, 2.24) is 10.3 Å². The lowest BCUT2D eigenvalue weighted by Gasteiger charge is -2.25. The van der Waals surface area contributed by atoms with Gasteiger partial charge in [-0.1, -0.05) is 43.2 Å². The number of carbonyl (C=O) groups excluding carboxylic acids is 2. The van der Waals surface area contributed by atoms with Gasteiger partial charge in [-0.05, 0) is 79.0 Å². The van der Waals surface area contributed by atoms with Crippen molar-refractivity contribution >= 4 is 29.6 Å². The lowest BCUT2D eigenvalue weighted by Crippen LogP contribution is -2.34. The smallest absolute Gasteiger partial charge is 0.252 e. The molecule has 0 saturated heterocycles. The van der Waals surface area contributed by atoms with Gasteiger partial charge in [0.05, 0.1) is 30.8 Å². The van der Waals surface area contributed by atoms with Crippen LogP contribution >= 0.6 is 12.0 Å². The van der Waals surface area contributed by atoms with Gasteiger partial charge >= 0.3 is 0 Å². The molecule has 1 amide bonds. The second-order valence-electron chi connectivity index (χ2n) is 11.3. The number of ketones is 1. The van der Waals surface area contributed by atoms with Crippen molar-refractivity contribution in [3.05, 3.63) is 95.2 Å². The predicted octanol–water partition coefficient (Wildman–Crippen LogP) is 7.66. The Morgan fingerprint density at radius 2 is 2.02 bits per heavy atom. The van der Waals surface area contributed by atoms with Crippen LogP contribution < -0.4 is 10.1 Å². The summed E-state index contributed by atoms with van der Waals surface area (Å²) in [6, 6.07) is 14.5. The third kappa shape index (κ3) is 9.30. The summed E-state index contributed by atoms with van der Waals surface area (Å²) in [4.78, 5) is 30.1. The number of nitrogens with one attached hydrogen (secondary N) is 1. The number of carbonyl (C=O) groups is 2. The summed E-state index contributed by atoms with van der Waals surface area (Å²) in [5, 5.41) is 23.4. The van der Waals surface area contributed by atoms with Crippen molar-refractivity contribution in [2.45, 2.75) is 63.8 Å². The summed E-state index contributed by atoms with van der Waals surface area (Å²) in [5.74, 6) is 1.20. The molecule has 0 bridgehead atoms. The first-order chi connectivity index (χ1) is 21.3. The Hall–Kier alpha value is -3.90. The van der Waals surface area contributed by atoms with Gasteiger partial charge in [-0.25, -0.2) is 10.2 Å². The van der Waals surface area contributed by atoms with Crippen molar-refractivity contribution in [3.8, 4) is 5.75 Å². The maximum absolute atomic E-state index is 12.8. The molecular weight excluding hydrogens is 580 g/mol. The zero-order chi connectivity index (χ0) is 31.4. The Labute approximate surface area is 262 Å². The number of aromatic nitrogens is 1. The van der Waals surface area contributed by atoms with Crippen molar-refractivity contribution in [2.24, 2.45) is 15.6 Å². The first kappa shape index (κ1) is 33.0. The molecule has 44 heavy (non-hydrogen) atoms. The summed E-state index contributed by atoms with van der Waals surface area (Å²) >= 11 is 0.862. The average molecular weight is 619 g/mol. The summed E-state index contributed by atoms with van der Waals surface area (Å²) in [6.45, 7) is 9.43. The molecule has 10 nitrogen and oxygen atoms in total. The molecule has 11 heteroatoms. The standard InChI is InChI=1S/C33H38N4O6S/c1-4-9-27-25-11-7-12-28(38)26(25)15-16-29(27)41-19-8-18-33(2,3)22-35-32(39)24-14-17-31(34-20-24)37-36-21-23-10-5-6-13-30(23)44-43-42-40/h4-6,10,13-17,20,40H,1,7-9,11-12,18-19,21-22H2,2-3H3,(H,35,39). The van der Waals surface area contributed by atoms with Gasteiger partial charge in [0.15, 0.2) is 11.6 Å². The zero-order valence-corrected chi connectivity index (χ0v) is 25.9. The van der Waals surface area contributed by atoms with Gasteiger partial charge < -0.3 is 10.1 Å². The van der Waals surface area contributed by atoms with Crippen LogP contribution in [0, 0.1) is 5.41 Å². The Morgan fingerprint density at radius 3 is 2.80 bits per heavy atom. The molecule has 0 atom stereocenters. The van der Waals surface area contributed by atoms with E-state index in [1.54, 1.807) is 18.2 Å². The van der Waals surface area contributed by atoms with Gasteiger partial charge in [0, 0.05) is 35.2 Å². The monoisotopic (exact) mass is 618 g/mol. The first-order valence-corrected chi connectivity index (χ1v) is 15.3. The number of ether oxygens (including phenoxy) is 1. The van der Waals surface area contributed by atoms with E-state index in [0.29, 0.717) is 37.4 Å². The number of Topliss-reactive ketones (excluding diaryl/α,β-unsaturated/α-hetero) is 1. The highest BCUT2D eigenvalue weighted by Gasteiger charge is 2.23. The Kier molecular flexibility index (Phi) is 12.2. The highest BCUT2D eigenvalue weighted by atomic mass is 32.2. The largest absolute Gasteiger partial charge is 0.493 e. The molecule has 1 aromatic heterocycles. The lowest BCUT2D eigenvalue weighted by molar-refractivity contribution is -0.432. The topological polar surface area (TPSA) is 132 Å². The van der Waals surface area contributed by atoms with Crippen LogP contribution in [0.5, 0.6) is 5.75 Å². The Morgan fingerprint density at radius 1 is 1.18 bits per heavy atom. The summed E-state index contributed by atoms with van der Waals surface area (Å²) in [5.41, 5.74) is 4.13. The minimum absolute atomic E-state index is 0.143. The molecule has 0 unspecified atom stereocenters. The molecule has 4 rings (SSSR count). The number of benzene rings is 2. The number of fused-ring (bicyclic) bond motifs is 1. The number of hydrogen-bond acceptors (Lipinski definition) is 10. The average Bonchev–Trinajstić information content (AvgIpc) is 3.03. The molecule has 0 aliphatic heterocycles. The molecule has 0 fully saturated rings. The predicted molar refractivity (Wildman–Crippen MR) is 168 cm³/mol. The van der Waals surface area contributed by atoms with Crippen molar-refractivity contribution in [1.29, 1.82) is 0 Å². The summed E-state index contributed by atoms with van der Waals surface area (Å²) < 4.78 is 10.7. The highest BCUT2D eigenvalue weighted by molar-refractivity contribution is 7.94. The van der Waals surface area contributed by atoms with Crippen LogP contribution in [0.2, 0.25) is 0 Å². The SMILES string of the molecule is C=CCc1c(OCCCC(C)(C)CNC(=O)c2ccc(N=NCc3ccccc3SOOO)nc2)ccc2c1CCCC2=O. The van der Waals surface area contributed by atoms with Crippen LogP contribution in [0.3, 0.4) is 0 Å². The summed E-state index contributed by atoms with van der Waals surface area (Å²) in [6.07, 6.45) is 8.06. The molecule has 0 spiro atoms. The number of nitrogens with zero attached hydrogens (tertiary/aromatic N) is 3. The van der Waals surface area contributed by atoms with Crippen LogP contribution in [0.15, 0.2) is 82.5 Å². The maximum Gasteiger partial charge on any atom is 0.252 e. The molecule has 0 saturated carbocycles. The zero-order valence-electron chi connectivity index (χ0n) is 25.1. The van der Waals surface area contributed by atoms with Crippen LogP contribution in [-0.4, -0.2) is 35.1 Å². The fourth-order valence-electron chi connectivity index (χ4n) is 5.06. The van der Waals surface area contributed by atoms with Gasteiger partial charge in [0.2, 0.25) is 0 Å². The number of allylic oxidation sites excluding steroid dienone is 1. The molecular formula is C33H38N4O6S. The molecule has 1 aliphatic carbocycles. The molecule has 1 aliphatic rings. The fraction of sp³-hybridized carbons (Fsp3) is 0.364. The van der Waals surface area contributed by atoms with E-state index in [1.165, 1.54) is 6.20 Å². The molecule has 2 N–H and O–H groups in total. The minimum atomic E-state index is -0.208. The fourth-order valence-corrected chi connectivity index (χ4v) is 5.53. The second-order valence-corrected chi connectivity index (χ2v) is 12.0. The molecule has 3 aromatic rings. The van der Waals surface area contributed by atoms with Crippen molar-refractivity contribution in [2.75, 3.05) is 13.2 Å². The van der Waals surface area contributed by atoms with Gasteiger partial charge in [0.1, 0.15) is 5.75 Å². The lowest BCUT2D eigenvalue weighted by atomic mass is 9.86. The molecule has 2 aromatic carbocycles. The van der Waals surface area contributed by atoms with E-state index in [2.05, 4.69) is 50.3 Å². The van der Waals surface area contributed by atoms with E-state index in [-0.39, 0.29) is 23.7 Å². The molecule has 1 heterocycles. The minimum Gasteiger partial charge on any atom is -0.493 e. The van der Waals surface area contributed by atoms with Gasteiger partial charge in [-0.15, -0.1) is 16.0 Å². The summed E-state index contributed by atoms with van der Waals surface area (Å²) in [7, 11) is 0. The Bertz CT molecular complexity index is 1480. The van der Waals surface area contributed by atoms with E-state index >= 15 is 0 Å². The Balaban J connectivity index is 1.22. The number of amides is 1. The number of rotatable bonds is 16. The van der Waals surface area contributed by atoms with E-state index in [1.807, 2.05) is 36.4 Å². The van der Waals surface area contributed by atoms with Crippen LogP contribution in [-0.2, 0) is 28.8 Å². The molecule has 232 valence electrons. The third-order valence-electron chi connectivity index (χ3n) is 7.40. The van der Waals surface area contributed by atoms with E-state index in [0.717, 1.165) is 70.6 Å². The number of hydrogen-bond donors (Lipinski definition) is 2. The third-order valence-corrected chi connectivity index (χ3v) is 8.11. The molecule has 0 radical (unpaired) electrons. The second kappa shape index (κ2) is 16.2. The van der Waals surface area contributed by atoms with E-state index in [9.17, 15) is 9.59 Å².